The highest BCUT2D eigenvalue weighted by molar-refractivity contribution is 7.98. The van der Waals surface area contributed by atoms with Crippen LogP contribution in [0.5, 0.6) is 0 Å². The van der Waals surface area contributed by atoms with Crippen molar-refractivity contribution in [2.75, 3.05) is 25.5 Å². The van der Waals surface area contributed by atoms with Crippen molar-refractivity contribution >= 4 is 11.8 Å². The second kappa shape index (κ2) is 7.68. The second-order valence-corrected chi connectivity index (χ2v) is 4.15. The van der Waals surface area contributed by atoms with Crippen LogP contribution in [0, 0.1) is 5.82 Å². The van der Waals surface area contributed by atoms with Gasteiger partial charge in [0.15, 0.2) is 0 Å². The highest BCUT2D eigenvalue weighted by Crippen LogP contribution is 2.14. The predicted octanol–water partition coefficient (Wildman–Crippen LogP) is 2.03. The molecule has 4 heteroatoms. The summed E-state index contributed by atoms with van der Waals surface area (Å²) in [4.78, 5) is 0. The summed E-state index contributed by atoms with van der Waals surface area (Å²) >= 11 is 1.67. The lowest BCUT2D eigenvalue weighted by atomic mass is 10.2. The number of thioether (sulfide) groups is 1. The number of rotatable bonds is 7. The maximum Gasteiger partial charge on any atom is 0.127 e. The zero-order valence-corrected chi connectivity index (χ0v) is 9.43. The zero-order chi connectivity index (χ0) is 10.9. The first-order chi connectivity index (χ1) is 7.34. The normalized spacial score (nSPS) is 10.5. The van der Waals surface area contributed by atoms with Crippen LogP contribution in [0.1, 0.15) is 5.56 Å². The molecule has 0 radical (unpaired) electrons. The van der Waals surface area contributed by atoms with Crippen molar-refractivity contribution in [3.05, 3.63) is 35.6 Å². The van der Waals surface area contributed by atoms with E-state index in [2.05, 4.69) is 0 Å². The van der Waals surface area contributed by atoms with E-state index in [1.165, 1.54) is 6.07 Å². The quantitative estimate of drug-likeness (QED) is 0.727. The molecule has 0 unspecified atom stereocenters. The number of hydrogen-bond acceptors (Lipinski definition) is 3. The summed E-state index contributed by atoms with van der Waals surface area (Å²) in [6, 6.07) is 6.85. The molecule has 0 heterocycles. The van der Waals surface area contributed by atoms with Gasteiger partial charge in [-0.2, -0.15) is 11.8 Å². The minimum atomic E-state index is -0.132. The van der Waals surface area contributed by atoms with Gasteiger partial charge in [-0.15, -0.1) is 0 Å². The fourth-order valence-electron chi connectivity index (χ4n) is 1.10. The molecule has 0 bridgehead atoms. The summed E-state index contributed by atoms with van der Waals surface area (Å²) in [6.45, 7) is 1.83. The maximum absolute atomic E-state index is 13.2. The van der Waals surface area contributed by atoms with Crippen molar-refractivity contribution in [1.29, 1.82) is 0 Å². The summed E-state index contributed by atoms with van der Waals surface area (Å²) in [5.41, 5.74) is 6.02. The van der Waals surface area contributed by atoms with Gasteiger partial charge in [-0.1, -0.05) is 18.2 Å². The molecule has 0 spiro atoms. The molecular formula is C11H16FNOS. The molecule has 0 aliphatic carbocycles. The molecule has 1 rings (SSSR count). The first-order valence-electron chi connectivity index (χ1n) is 4.93. The van der Waals surface area contributed by atoms with Gasteiger partial charge >= 0.3 is 0 Å². The standard InChI is InChI=1S/C11H16FNOS/c12-11-4-2-1-3-10(11)9-15-8-7-14-6-5-13/h1-4H,5-9,13H2. The average Bonchev–Trinajstić information content (AvgIpc) is 2.25. The van der Waals surface area contributed by atoms with E-state index in [1.54, 1.807) is 17.8 Å². The molecule has 84 valence electrons. The first kappa shape index (κ1) is 12.5. The van der Waals surface area contributed by atoms with Crippen LogP contribution in [0.15, 0.2) is 24.3 Å². The summed E-state index contributed by atoms with van der Waals surface area (Å²) in [6.07, 6.45) is 0. The molecule has 2 nitrogen and oxygen atoms in total. The Morgan fingerprint density at radius 3 is 2.80 bits per heavy atom. The Morgan fingerprint density at radius 1 is 1.27 bits per heavy atom. The van der Waals surface area contributed by atoms with Crippen molar-refractivity contribution < 1.29 is 9.13 Å². The number of ether oxygens (including phenoxy) is 1. The van der Waals surface area contributed by atoms with Crippen molar-refractivity contribution in [3.63, 3.8) is 0 Å². The van der Waals surface area contributed by atoms with Gasteiger partial charge in [0, 0.05) is 18.1 Å². The molecule has 0 saturated heterocycles. The summed E-state index contributed by atoms with van der Waals surface area (Å²) < 4.78 is 18.4. The van der Waals surface area contributed by atoms with E-state index in [4.69, 9.17) is 10.5 Å². The van der Waals surface area contributed by atoms with Gasteiger partial charge in [0.25, 0.3) is 0 Å². The highest BCUT2D eigenvalue weighted by atomic mass is 32.2. The molecular weight excluding hydrogens is 213 g/mol. The summed E-state index contributed by atoms with van der Waals surface area (Å²) in [7, 11) is 0. The molecule has 0 saturated carbocycles. The van der Waals surface area contributed by atoms with Gasteiger partial charge in [-0.3, -0.25) is 0 Å². The lowest BCUT2D eigenvalue weighted by molar-refractivity contribution is 0.158. The van der Waals surface area contributed by atoms with Crippen LogP contribution in [-0.2, 0) is 10.5 Å². The smallest absolute Gasteiger partial charge is 0.127 e. The summed E-state index contributed by atoms with van der Waals surface area (Å²) in [5, 5.41) is 0. The molecule has 0 aliphatic heterocycles. The Balaban J connectivity index is 2.12. The number of benzene rings is 1. The first-order valence-corrected chi connectivity index (χ1v) is 6.09. The van der Waals surface area contributed by atoms with Crippen LogP contribution in [0.3, 0.4) is 0 Å². The molecule has 0 atom stereocenters. The van der Waals surface area contributed by atoms with E-state index >= 15 is 0 Å². The predicted molar refractivity (Wildman–Crippen MR) is 62.4 cm³/mol. The van der Waals surface area contributed by atoms with Gasteiger partial charge in [-0.05, 0) is 11.6 Å². The topological polar surface area (TPSA) is 35.2 Å². The fourth-order valence-corrected chi connectivity index (χ4v) is 1.93. The van der Waals surface area contributed by atoms with Crippen molar-refractivity contribution in [1.82, 2.24) is 0 Å². The Morgan fingerprint density at radius 2 is 2.07 bits per heavy atom. The molecule has 15 heavy (non-hydrogen) atoms. The van der Waals surface area contributed by atoms with Crippen molar-refractivity contribution in [2.24, 2.45) is 5.73 Å². The molecule has 1 aromatic carbocycles. The zero-order valence-electron chi connectivity index (χ0n) is 8.62. The Bertz CT molecular complexity index is 283. The van der Waals surface area contributed by atoms with E-state index in [1.807, 2.05) is 12.1 Å². The van der Waals surface area contributed by atoms with E-state index < -0.39 is 0 Å². The molecule has 1 aromatic rings. The Hall–Kier alpha value is -0.580. The third-order valence-corrected chi connectivity index (χ3v) is 2.82. The largest absolute Gasteiger partial charge is 0.379 e. The number of halogens is 1. The van der Waals surface area contributed by atoms with Crippen LogP contribution in [-0.4, -0.2) is 25.5 Å². The highest BCUT2D eigenvalue weighted by Gasteiger charge is 1.99. The van der Waals surface area contributed by atoms with Crippen LogP contribution < -0.4 is 5.73 Å². The third kappa shape index (κ3) is 5.16. The Labute approximate surface area is 94.0 Å². The van der Waals surface area contributed by atoms with E-state index in [0.29, 0.717) is 25.5 Å². The molecule has 2 N–H and O–H groups in total. The van der Waals surface area contributed by atoms with Gasteiger partial charge < -0.3 is 10.5 Å². The van der Waals surface area contributed by atoms with Crippen LogP contribution in [0.2, 0.25) is 0 Å². The van der Waals surface area contributed by atoms with E-state index in [0.717, 1.165) is 11.3 Å². The van der Waals surface area contributed by atoms with Gasteiger partial charge in [-0.25, -0.2) is 4.39 Å². The molecule has 0 amide bonds. The lowest BCUT2D eigenvalue weighted by Crippen LogP contribution is -2.09. The second-order valence-electron chi connectivity index (χ2n) is 3.05. The lowest BCUT2D eigenvalue weighted by Gasteiger charge is -2.03. The minimum Gasteiger partial charge on any atom is -0.379 e. The summed E-state index contributed by atoms with van der Waals surface area (Å²) in [5.74, 6) is 1.43. The van der Waals surface area contributed by atoms with Crippen molar-refractivity contribution in [2.45, 2.75) is 5.75 Å². The van der Waals surface area contributed by atoms with Crippen LogP contribution in [0.4, 0.5) is 4.39 Å². The number of hydrogen-bond donors (Lipinski definition) is 1. The molecule has 0 aromatic heterocycles. The average molecular weight is 229 g/mol. The van der Waals surface area contributed by atoms with Gasteiger partial charge in [0.05, 0.1) is 13.2 Å². The number of nitrogens with two attached hydrogens (primary N) is 1. The van der Waals surface area contributed by atoms with Gasteiger partial charge in [0.1, 0.15) is 5.82 Å². The van der Waals surface area contributed by atoms with E-state index in [9.17, 15) is 4.39 Å². The minimum absolute atomic E-state index is 0.132. The fraction of sp³-hybridized carbons (Fsp3) is 0.455. The molecule has 0 aliphatic rings. The van der Waals surface area contributed by atoms with Crippen LogP contribution in [0.25, 0.3) is 0 Å². The maximum atomic E-state index is 13.2. The molecule has 0 fully saturated rings. The SMILES string of the molecule is NCCOCCSCc1ccccc1F. The van der Waals surface area contributed by atoms with Gasteiger partial charge in [0.2, 0.25) is 0 Å². The van der Waals surface area contributed by atoms with Crippen molar-refractivity contribution in [3.8, 4) is 0 Å². The third-order valence-electron chi connectivity index (χ3n) is 1.85. The Kier molecular flexibility index (Phi) is 6.39. The van der Waals surface area contributed by atoms with Crippen LogP contribution >= 0.6 is 11.8 Å². The van der Waals surface area contributed by atoms with E-state index in [-0.39, 0.29) is 5.82 Å². The monoisotopic (exact) mass is 229 g/mol.